The minimum atomic E-state index is -0.431. The summed E-state index contributed by atoms with van der Waals surface area (Å²) in [5, 5.41) is 6.18. The van der Waals surface area contributed by atoms with Crippen molar-refractivity contribution in [2.24, 2.45) is 5.10 Å². The highest BCUT2D eigenvalue weighted by Gasteiger charge is 2.21. The molecule has 0 spiro atoms. The molecule has 1 heterocycles. The number of anilines is 1. The van der Waals surface area contributed by atoms with Crippen molar-refractivity contribution in [2.45, 2.75) is 0 Å². The molecule has 0 unspecified atom stereocenters. The first-order valence-electron chi connectivity index (χ1n) is 8.45. The minimum absolute atomic E-state index is 0.281. The van der Waals surface area contributed by atoms with E-state index >= 15 is 0 Å². The average molecular weight is 428 g/mol. The highest BCUT2D eigenvalue weighted by Crippen LogP contribution is 2.30. The summed E-state index contributed by atoms with van der Waals surface area (Å²) in [4.78, 5) is 17.5. The molecule has 29 heavy (non-hydrogen) atoms. The van der Waals surface area contributed by atoms with Crippen LogP contribution in [0.25, 0.3) is 10.2 Å². The zero-order chi connectivity index (χ0) is 20.4. The summed E-state index contributed by atoms with van der Waals surface area (Å²) >= 11 is 7.04. The second-order valence-electron chi connectivity index (χ2n) is 6.03. The van der Waals surface area contributed by atoms with Crippen molar-refractivity contribution < 1.29 is 13.6 Å². The molecule has 1 aromatic heterocycles. The van der Waals surface area contributed by atoms with Crippen LogP contribution in [0.15, 0.2) is 71.8 Å². The highest BCUT2D eigenvalue weighted by atomic mass is 35.5. The minimum Gasteiger partial charge on any atom is -0.267 e. The Hall–Kier alpha value is -3.16. The molecule has 0 bridgehead atoms. The molecule has 8 heteroatoms. The molecule has 3 aromatic carbocycles. The number of thiazole rings is 1. The fourth-order valence-electron chi connectivity index (χ4n) is 2.55. The van der Waals surface area contributed by atoms with Crippen LogP contribution in [-0.4, -0.2) is 17.1 Å². The smallest absolute Gasteiger partial charge is 0.267 e. The van der Waals surface area contributed by atoms with Crippen molar-refractivity contribution in [3.8, 4) is 0 Å². The van der Waals surface area contributed by atoms with Crippen LogP contribution in [0.4, 0.5) is 13.9 Å². The zero-order valence-electron chi connectivity index (χ0n) is 14.7. The Morgan fingerprint density at radius 1 is 1.00 bits per heavy atom. The molecule has 4 aromatic rings. The van der Waals surface area contributed by atoms with Crippen LogP contribution >= 0.6 is 22.9 Å². The summed E-state index contributed by atoms with van der Waals surface area (Å²) < 4.78 is 27.2. The molecular weight excluding hydrogens is 416 g/mol. The zero-order valence-corrected chi connectivity index (χ0v) is 16.3. The summed E-state index contributed by atoms with van der Waals surface area (Å²) in [5.41, 5.74) is 1.51. The van der Waals surface area contributed by atoms with Gasteiger partial charge in [-0.1, -0.05) is 35.1 Å². The number of halogens is 3. The number of hydrazone groups is 1. The fourth-order valence-corrected chi connectivity index (χ4v) is 3.63. The van der Waals surface area contributed by atoms with Gasteiger partial charge in [-0.05, 0) is 60.2 Å². The van der Waals surface area contributed by atoms with Gasteiger partial charge >= 0.3 is 0 Å². The number of hydrogen-bond acceptors (Lipinski definition) is 4. The molecule has 0 radical (unpaired) electrons. The number of rotatable bonds is 4. The summed E-state index contributed by atoms with van der Waals surface area (Å²) in [5.74, 6) is -1.19. The average Bonchev–Trinajstić information content (AvgIpc) is 3.12. The molecule has 4 nitrogen and oxygen atoms in total. The number of nitrogens with zero attached hydrogens (tertiary/aromatic N) is 3. The molecule has 0 saturated carbocycles. The summed E-state index contributed by atoms with van der Waals surface area (Å²) in [7, 11) is 0. The number of aromatic nitrogens is 1. The molecule has 0 aliphatic heterocycles. The van der Waals surface area contributed by atoms with E-state index in [0.717, 1.165) is 16.3 Å². The highest BCUT2D eigenvalue weighted by molar-refractivity contribution is 7.22. The quantitative estimate of drug-likeness (QED) is 0.300. The first kappa shape index (κ1) is 19.2. The van der Waals surface area contributed by atoms with Crippen molar-refractivity contribution in [1.29, 1.82) is 0 Å². The van der Waals surface area contributed by atoms with E-state index in [1.54, 1.807) is 30.3 Å². The summed E-state index contributed by atoms with van der Waals surface area (Å²) in [6, 6.07) is 16.2. The lowest BCUT2D eigenvalue weighted by molar-refractivity contribution is 0.0988. The van der Waals surface area contributed by atoms with Gasteiger partial charge < -0.3 is 0 Å². The van der Waals surface area contributed by atoms with Crippen LogP contribution in [0.3, 0.4) is 0 Å². The standard InChI is InChI=1S/C21H12ClF2N3OS/c22-15-5-3-14(4-6-15)20(28)27(25-12-13-1-7-16(23)8-2-13)21-26-18-10-9-17(24)11-19(18)29-21/h1-12H/b25-12+. The van der Waals surface area contributed by atoms with Gasteiger partial charge in [-0.2, -0.15) is 10.1 Å². The summed E-state index contributed by atoms with van der Waals surface area (Å²) in [6.07, 6.45) is 1.43. The largest absolute Gasteiger partial charge is 0.280 e. The molecule has 0 aliphatic carbocycles. The van der Waals surface area contributed by atoms with Crippen LogP contribution in [0.5, 0.6) is 0 Å². The second-order valence-corrected chi connectivity index (χ2v) is 7.47. The number of amides is 1. The lowest BCUT2D eigenvalue weighted by atomic mass is 10.2. The van der Waals surface area contributed by atoms with Crippen LogP contribution in [0.1, 0.15) is 15.9 Å². The van der Waals surface area contributed by atoms with Crippen molar-refractivity contribution >= 4 is 50.4 Å². The molecule has 0 aliphatic rings. The normalized spacial score (nSPS) is 11.3. The summed E-state index contributed by atoms with van der Waals surface area (Å²) in [6.45, 7) is 0. The molecule has 144 valence electrons. The monoisotopic (exact) mass is 427 g/mol. The van der Waals surface area contributed by atoms with E-state index in [0.29, 0.717) is 26.4 Å². The Morgan fingerprint density at radius 2 is 1.69 bits per heavy atom. The second kappa shape index (κ2) is 8.06. The van der Waals surface area contributed by atoms with Gasteiger partial charge in [-0.25, -0.2) is 13.8 Å². The van der Waals surface area contributed by atoms with Crippen LogP contribution in [-0.2, 0) is 0 Å². The number of carbonyl (C=O) groups is 1. The van der Waals surface area contributed by atoms with Gasteiger partial charge in [0.15, 0.2) is 0 Å². The Bertz CT molecular complexity index is 1210. The van der Waals surface area contributed by atoms with Crippen LogP contribution in [0.2, 0.25) is 5.02 Å². The maximum Gasteiger partial charge on any atom is 0.280 e. The Morgan fingerprint density at radius 3 is 2.41 bits per heavy atom. The number of fused-ring (bicyclic) bond motifs is 1. The lowest BCUT2D eigenvalue weighted by Gasteiger charge is -2.13. The predicted molar refractivity (Wildman–Crippen MR) is 112 cm³/mol. The Balaban J connectivity index is 1.75. The van der Waals surface area contributed by atoms with E-state index < -0.39 is 11.7 Å². The third kappa shape index (κ3) is 4.31. The van der Waals surface area contributed by atoms with E-state index in [-0.39, 0.29) is 10.9 Å². The topological polar surface area (TPSA) is 45.6 Å². The van der Waals surface area contributed by atoms with Crippen LogP contribution < -0.4 is 5.01 Å². The first-order valence-corrected chi connectivity index (χ1v) is 9.65. The number of carbonyl (C=O) groups excluding carboxylic acids is 1. The maximum atomic E-state index is 13.5. The Labute approximate surface area is 173 Å². The van der Waals surface area contributed by atoms with Crippen molar-refractivity contribution in [1.82, 2.24) is 4.98 Å². The molecule has 0 fully saturated rings. The molecule has 0 N–H and O–H groups in total. The van der Waals surface area contributed by atoms with Gasteiger partial charge in [-0.3, -0.25) is 4.79 Å². The first-order chi connectivity index (χ1) is 14.0. The van der Waals surface area contributed by atoms with Gasteiger partial charge in [0.1, 0.15) is 11.6 Å². The molecule has 4 rings (SSSR count). The molecule has 0 atom stereocenters. The fraction of sp³-hybridized carbons (Fsp3) is 0. The van der Waals surface area contributed by atoms with Gasteiger partial charge in [-0.15, -0.1) is 0 Å². The third-order valence-electron chi connectivity index (χ3n) is 4.00. The van der Waals surface area contributed by atoms with E-state index in [9.17, 15) is 13.6 Å². The Kier molecular flexibility index (Phi) is 5.33. The molecular formula is C21H12ClF2N3OS. The van der Waals surface area contributed by atoms with Crippen molar-refractivity contribution in [2.75, 3.05) is 5.01 Å². The molecule has 0 saturated heterocycles. The van der Waals surface area contributed by atoms with E-state index in [2.05, 4.69) is 10.1 Å². The van der Waals surface area contributed by atoms with E-state index in [4.69, 9.17) is 11.6 Å². The van der Waals surface area contributed by atoms with Gasteiger partial charge in [0.05, 0.1) is 16.4 Å². The van der Waals surface area contributed by atoms with Gasteiger partial charge in [0.2, 0.25) is 5.13 Å². The lowest BCUT2D eigenvalue weighted by Crippen LogP contribution is -2.25. The predicted octanol–water partition coefficient (Wildman–Crippen LogP) is 5.91. The van der Waals surface area contributed by atoms with Crippen molar-refractivity contribution in [3.05, 3.63) is 94.5 Å². The van der Waals surface area contributed by atoms with Gasteiger partial charge in [0, 0.05) is 10.6 Å². The maximum absolute atomic E-state index is 13.5. The number of benzene rings is 3. The third-order valence-corrected chi connectivity index (χ3v) is 5.24. The number of hydrogen-bond donors (Lipinski definition) is 0. The van der Waals surface area contributed by atoms with Gasteiger partial charge in [0.25, 0.3) is 5.91 Å². The van der Waals surface area contributed by atoms with Crippen molar-refractivity contribution in [3.63, 3.8) is 0 Å². The van der Waals surface area contributed by atoms with E-state index in [1.807, 2.05) is 0 Å². The van der Waals surface area contributed by atoms with Crippen LogP contribution in [0, 0.1) is 11.6 Å². The SMILES string of the molecule is O=C(c1ccc(Cl)cc1)N(/N=C/c1ccc(F)cc1)c1nc2ccc(F)cc2s1. The molecule has 1 amide bonds. The van der Waals surface area contributed by atoms with E-state index in [1.165, 1.54) is 42.6 Å².